The first-order valence-corrected chi connectivity index (χ1v) is 8.35. The number of imide groups is 1. The fourth-order valence-electron chi connectivity index (χ4n) is 2.51. The zero-order valence-electron chi connectivity index (χ0n) is 14.0. The van der Waals surface area contributed by atoms with Crippen LogP contribution < -0.4 is 10.1 Å². The third kappa shape index (κ3) is 4.27. The number of carboxylic acid groups (broad SMARTS) is 1. The number of benzene rings is 2. The van der Waals surface area contributed by atoms with E-state index in [1.165, 1.54) is 6.08 Å². The summed E-state index contributed by atoms with van der Waals surface area (Å²) >= 11 is 6.12. The maximum atomic E-state index is 12.2. The molecule has 1 heterocycles. The average molecular weight is 387 g/mol. The third-order valence-electron chi connectivity index (χ3n) is 3.82. The van der Waals surface area contributed by atoms with E-state index in [0.717, 1.165) is 5.56 Å². The molecular formula is C19H15ClN2O5. The van der Waals surface area contributed by atoms with Crippen LogP contribution in [0.15, 0.2) is 54.2 Å². The number of ether oxygens (including phenoxy) is 1. The standard InChI is InChI=1S/C19H15ClN2O5/c20-14-7-3-1-6-13(14)11-27-16-8-4-2-5-12(16)9-15-18(25)22(10-17(23)24)19(26)21-15/h1-9H,10-11H2,(H,21,26)(H,23,24)/b15-9+. The smallest absolute Gasteiger partial charge is 0.329 e. The molecule has 2 aromatic rings. The quantitative estimate of drug-likeness (QED) is 0.588. The predicted molar refractivity (Wildman–Crippen MR) is 98.1 cm³/mol. The normalized spacial score (nSPS) is 15.1. The minimum absolute atomic E-state index is 0.0185. The molecule has 0 unspecified atom stereocenters. The van der Waals surface area contributed by atoms with E-state index in [1.807, 2.05) is 18.2 Å². The lowest BCUT2D eigenvalue weighted by Crippen LogP contribution is -2.35. The number of nitrogens with one attached hydrogen (secondary N) is 1. The Bertz CT molecular complexity index is 941. The van der Waals surface area contributed by atoms with Gasteiger partial charge in [0.25, 0.3) is 5.91 Å². The van der Waals surface area contributed by atoms with E-state index in [4.69, 9.17) is 21.4 Å². The Morgan fingerprint density at radius 1 is 1.15 bits per heavy atom. The minimum atomic E-state index is -1.27. The van der Waals surface area contributed by atoms with E-state index in [0.29, 0.717) is 21.2 Å². The molecule has 3 rings (SSSR count). The Labute approximate surface area is 159 Å². The molecule has 27 heavy (non-hydrogen) atoms. The number of carboxylic acids is 1. The number of hydrogen-bond acceptors (Lipinski definition) is 4. The first-order valence-electron chi connectivity index (χ1n) is 7.97. The molecule has 0 radical (unpaired) electrons. The highest BCUT2D eigenvalue weighted by Crippen LogP contribution is 2.25. The van der Waals surface area contributed by atoms with Crippen LogP contribution in [-0.4, -0.2) is 34.5 Å². The molecule has 8 heteroatoms. The fraction of sp³-hybridized carbons (Fsp3) is 0.105. The molecule has 1 saturated heterocycles. The second kappa shape index (κ2) is 7.92. The number of para-hydroxylation sites is 1. The number of nitrogens with zero attached hydrogens (tertiary/aromatic N) is 1. The minimum Gasteiger partial charge on any atom is -0.488 e. The number of aliphatic carboxylic acids is 1. The van der Waals surface area contributed by atoms with E-state index in [1.54, 1.807) is 30.3 Å². The van der Waals surface area contributed by atoms with Gasteiger partial charge in [-0.1, -0.05) is 48.0 Å². The number of amides is 3. The Morgan fingerprint density at radius 2 is 1.85 bits per heavy atom. The first-order chi connectivity index (χ1) is 13.0. The first kappa shape index (κ1) is 18.5. The maximum absolute atomic E-state index is 12.2. The summed E-state index contributed by atoms with van der Waals surface area (Å²) in [7, 11) is 0. The summed E-state index contributed by atoms with van der Waals surface area (Å²) in [6, 6.07) is 13.5. The third-order valence-corrected chi connectivity index (χ3v) is 4.18. The topological polar surface area (TPSA) is 95.9 Å². The molecule has 1 fully saturated rings. The molecule has 138 valence electrons. The number of carbonyl (C=O) groups is 3. The van der Waals surface area contributed by atoms with Crippen molar-refractivity contribution < 1.29 is 24.2 Å². The van der Waals surface area contributed by atoms with E-state index in [9.17, 15) is 14.4 Å². The summed E-state index contributed by atoms with van der Waals surface area (Å²) in [6.45, 7) is -0.474. The van der Waals surface area contributed by atoms with Crippen molar-refractivity contribution in [2.75, 3.05) is 6.54 Å². The van der Waals surface area contributed by atoms with Gasteiger partial charge in [0.15, 0.2) is 0 Å². The summed E-state index contributed by atoms with van der Waals surface area (Å²) in [6.07, 6.45) is 1.45. The van der Waals surface area contributed by atoms with Crippen LogP contribution in [0.25, 0.3) is 6.08 Å². The summed E-state index contributed by atoms with van der Waals surface area (Å²) < 4.78 is 5.81. The molecular weight excluding hydrogens is 372 g/mol. The predicted octanol–water partition coefficient (Wildman–Crippen LogP) is 2.90. The number of hydrogen-bond donors (Lipinski definition) is 2. The van der Waals surface area contributed by atoms with Crippen molar-refractivity contribution in [1.82, 2.24) is 10.2 Å². The molecule has 0 aromatic heterocycles. The van der Waals surface area contributed by atoms with Gasteiger partial charge >= 0.3 is 12.0 Å². The van der Waals surface area contributed by atoms with Crippen molar-refractivity contribution in [2.45, 2.75) is 6.61 Å². The molecule has 7 nitrogen and oxygen atoms in total. The Kier molecular flexibility index (Phi) is 5.42. The molecule has 0 spiro atoms. The highest BCUT2D eigenvalue weighted by Gasteiger charge is 2.35. The maximum Gasteiger partial charge on any atom is 0.329 e. The molecule has 0 saturated carbocycles. The van der Waals surface area contributed by atoms with E-state index >= 15 is 0 Å². The summed E-state index contributed by atoms with van der Waals surface area (Å²) in [5.74, 6) is -1.49. The fourth-order valence-corrected chi connectivity index (χ4v) is 2.70. The molecule has 0 atom stereocenters. The molecule has 0 aliphatic carbocycles. The van der Waals surface area contributed by atoms with Crippen molar-refractivity contribution in [3.05, 3.63) is 70.4 Å². The summed E-state index contributed by atoms with van der Waals surface area (Å²) in [4.78, 5) is 35.5. The molecule has 2 N–H and O–H groups in total. The molecule has 2 aromatic carbocycles. The van der Waals surface area contributed by atoms with Crippen LogP contribution in [0, 0.1) is 0 Å². The van der Waals surface area contributed by atoms with Crippen molar-refractivity contribution >= 4 is 35.6 Å². The van der Waals surface area contributed by atoms with E-state index in [-0.39, 0.29) is 12.3 Å². The van der Waals surface area contributed by atoms with E-state index < -0.39 is 24.5 Å². The Balaban J connectivity index is 1.81. The van der Waals surface area contributed by atoms with Gasteiger partial charge < -0.3 is 15.2 Å². The van der Waals surface area contributed by atoms with Crippen molar-refractivity contribution in [3.8, 4) is 5.75 Å². The van der Waals surface area contributed by atoms with Crippen LogP contribution in [0.3, 0.4) is 0 Å². The van der Waals surface area contributed by atoms with Crippen LogP contribution in [0.1, 0.15) is 11.1 Å². The number of urea groups is 1. The SMILES string of the molecule is O=C(O)CN1C(=O)N/C(=C/c2ccccc2OCc2ccccc2Cl)C1=O. The van der Waals surface area contributed by atoms with Gasteiger partial charge in [0.05, 0.1) is 0 Å². The summed E-state index contributed by atoms with van der Waals surface area (Å²) in [5, 5.41) is 11.8. The van der Waals surface area contributed by atoms with Gasteiger partial charge in [0, 0.05) is 16.1 Å². The van der Waals surface area contributed by atoms with Gasteiger partial charge in [-0.15, -0.1) is 0 Å². The van der Waals surface area contributed by atoms with Crippen LogP contribution in [0.2, 0.25) is 5.02 Å². The van der Waals surface area contributed by atoms with Gasteiger partial charge in [0.2, 0.25) is 0 Å². The highest BCUT2D eigenvalue weighted by molar-refractivity contribution is 6.31. The summed E-state index contributed by atoms with van der Waals surface area (Å²) in [5.41, 5.74) is 1.35. The number of carbonyl (C=O) groups excluding carboxylic acids is 2. The molecule has 1 aliphatic heterocycles. The molecule has 1 aliphatic rings. The lowest BCUT2D eigenvalue weighted by atomic mass is 10.1. The zero-order valence-corrected chi connectivity index (χ0v) is 14.8. The highest BCUT2D eigenvalue weighted by atomic mass is 35.5. The Morgan fingerprint density at radius 3 is 2.59 bits per heavy atom. The van der Waals surface area contributed by atoms with Crippen molar-refractivity contribution in [3.63, 3.8) is 0 Å². The second-order valence-corrected chi connectivity index (χ2v) is 6.10. The van der Waals surface area contributed by atoms with Gasteiger partial charge in [-0.25, -0.2) is 9.69 Å². The van der Waals surface area contributed by atoms with E-state index in [2.05, 4.69) is 5.32 Å². The van der Waals surface area contributed by atoms with Gasteiger partial charge in [0.1, 0.15) is 24.6 Å². The van der Waals surface area contributed by atoms with Crippen LogP contribution in [0.5, 0.6) is 5.75 Å². The average Bonchev–Trinajstić information content (AvgIpc) is 2.89. The molecule has 0 bridgehead atoms. The van der Waals surface area contributed by atoms with Gasteiger partial charge in [-0.05, 0) is 18.2 Å². The van der Waals surface area contributed by atoms with Gasteiger partial charge in [-0.3, -0.25) is 9.59 Å². The lowest BCUT2D eigenvalue weighted by Gasteiger charge is -2.10. The largest absolute Gasteiger partial charge is 0.488 e. The van der Waals surface area contributed by atoms with Crippen LogP contribution in [0.4, 0.5) is 4.79 Å². The van der Waals surface area contributed by atoms with Crippen molar-refractivity contribution in [2.24, 2.45) is 0 Å². The molecule has 3 amide bonds. The van der Waals surface area contributed by atoms with Crippen LogP contribution in [-0.2, 0) is 16.2 Å². The number of rotatable bonds is 6. The number of halogens is 1. The Hall–Kier alpha value is -3.32. The lowest BCUT2D eigenvalue weighted by molar-refractivity contribution is -0.140. The van der Waals surface area contributed by atoms with Crippen molar-refractivity contribution in [1.29, 1.82) is 0 Å². The monoisotopic (exact) mass is 386 g/mol. The second-order valence-electron chi connectivity index (χ2n) is 5.69. The van der Waals surface area contributed by atoms with Gasteiger partial charge in [-0.2, -0.15) is 0 Å². The van der Waals surface area contributed by atoms with Crippen LogP contribution >= 0.6 is 11.6 Å². The zero-order chi connectivity index (χ0) is 19.4.